The van der Waals surface area contributed by atoms with Gasteiger partial charge in [0.05, 0.1) is 17.9 Å². The van der Waals surface area contributed by atoms with Gasteiger partial charge in [-0.3, -0.25) is 4.79 Å². The zero-order valence-electron chi connectivity index (χ0n) is 12.9. The van der Waals surface area contributed by atoms with Gasteiger partial charge in [-0.2, -0.15) is 5.10 Å². The monoisotopic (exact) mass is 357 g/mol. The second-order valence-electron chi connectivity index (χ2n) is 5.38. The maximum absolute atomic E-state index is 12.1. The van der Waals surface area contributed by atoms with E-state index in [1.807, 2.05) is 0 Å². The van der Waals surface area contributed by atoms with Crippen molar-refractivity contribution in [1.29, 1.82) is 0 Å². The summed E-state index contributed by atoms with van der Waals surface area (Å²) in [6.07, 6.45) is 2.87. The van der Waals surface area contributed by atoms with E-state index in [-0.39, 0.29) is 24.1 Å². The van der Waals surface area contributed by atoms with Gasteiger partial charge in [0.15, 0.2) is 0 Å². The average Bonchev–Trinajstić information content (AvgIpc) is 2.56. The van der Waals surface area contributed by atoms with E-state index in [0.29, 0.717) is 24.4 Å². The topological polar surface area (TPSA) is 78.8 Å². The van der Waals surface area contributed by atoms with Crippen LogP contribution in [-0.4, -0.2) is 43.7 Å². The first kappa shape index (κ1) is 17.9. The minimum Gasteiger partial charge on any atom is -0.273 e. The highest BCUT2D eigenvalue weighted by atomic mass is 35.5. The molecule has 8 heteroatoms. The SMILES string of the molecule is CCS(=O)(=O)N1CCCC(C(=O)NN=Cc2ccc(Cl)cc2)C1. The minimum atomic E-state index is -3.25. The number of hydrazone groups is 1. The first-order valence-corrected chi connectivity index (χ1v) is 9.47. The van der Waals surface area contributed by atoms with Crippen molar-refractivity contribution in [3.63, 3.8) is 0 Å². The number of hydrogen-bond acceptors (Lipinski definition) is 4. The van der Waals surface area contributed by atoms with Gasteiger partial charge in [0.2, 0.25) is 15.9 Å². The summed E-state index contributed by atoms with van der Waals surface area (Å²) in [7, 11) is -3.25. The van der Waals surface area contributed by atoms with E-state index in [1.165, 1.54) is 10.5 Å². The van der Waals surface area contributed by atoms with E-state index < -0.39 is 10.0 Å². The third-order valence-corrected chi connectivity index (χ3v) is 5.87. The summed E-state index contributed by atoms with van der Waals surface area (Å²) in [6.45, 7) is 2.31. The molecule has 0 saturated carbocycles. The predicted octanol–water partition coefficient (Wildman–Crippen LogP) is 1.85. The zero-order valence-corrected chi connectivity index (χ0v) is 14.5. The molecule has 0 aliphatic carbocycles. The first-order valence-electron chi connectivity index (χ1n) is 7.48. The molecule has 1 aliphatic rings. The Bertz CT molecular complexity index is 674. The number of halogens is 1. The maximum Gasteiger partial charge on any atom is 0.244 e. The Morgan fingerprint density at radius 2 is 2.13 bits per heavy atom. The molecule has 1 aromatic rings. The molecule has 0 bridgehead atoms. The Morgan fingerprint density at radius 1 is 1.43 bits per heavy atom. The number of nitrogens with zero attached hydrogens (tertiary/aromatic N) is 2. The van der Waals surface area contributed by atoms with Crippen LogP contribution in [-0.2, 0) is 14.8 Å². The summed E-state index contributed by atoms with van der Waals surface area (Å²) >= 11 is 5.79. The number of nitrogens with one attached hydrogen (secondary N) is 1. The molecule has 1 unspecified atom stereocenters. The maximum atomic E-state index is 12.1. The van der Waals surface area contributed by atoms with Gasteiger partial charge >= 0.3 is 0 Å². The standard InChI is InChI=1S/C15H20ClN3O3S/c1-2-23(21,22)19-9-3-4-13(11-19)15(20)18-17-10-12-5-7-14(16)8-6-12/h5-8,10,13H,2-4,9,11H2,1H3,(H,18,20). The average molecular weight is 358 g/mol. The number of carbonyl (C=O) groups excluding carboxylic acids is 1. The highest BCUT2D eigenvalue weighted by molar-refractivity contribution is 7.89. The van der Waals surface area contributed by atoms with Crippen molar-refractivity contribution in [2.24, 2.45) is 11.0 Å². The van der Waals surface area contributed by atoms with Gasteiger partial charge in [-0.1, -0.05) is 23.7 Å². The van der Waals surface area contributed by atoms with Crippen LogP contribution in [0.25, 0.3) is 0 Å². The molecule has 0 spiro atoms. The van der Waals surface area contributed by atoms with Crippen LogP contribution in [0.15, 0.2) is 29.4 Å². The fourth-order valence-corrected chi connectivity index (χ4v) is 3.71. The third kappa shape index (κ3) is 5.02. The lowest BCUT2D eigenvalue weighted by Gasteiger charge is -2.30. The van der Waals surface area contributed by atoms with Gasteiger partial charge in [0.1, 0.15) is 0 Å². The van der Waals surface area contributed by atoms with Crippen LogP contribution >= 0.6 is 11.6 Å². The quantitative estimate of drug-likeness (QED) is 0.645. The highest BCUT2D eigenvalue weighted by Gasteiger charge is 2.31. The lowest BCUT2D eigenvalue weighted by atomic mass is 9.99. The van der Waals surface area contributed by atoms with Gasteiger partial charge in [-0.15, -0.1) is 0 Å². The fourth-order valence-electron chi connectivity index (χ4n) is 2.40. The number of piperidine rings is 1. The van der Waals surface area contributed by atoms with Crippen LogP contribution in [0.4, 0.5) is 0 Å². The highest BCUT2D eigenvalue weighted by Crippen LogP contribution is 2.19. The molecule has 1 fully saturated rings. The lowest BCUT2D eigenvalue weighted by Crippen LogP contribution is -2.45. The molecule has 6 nitrogen and oxygen atoms in total. The van der Waals surface area contributed by atoms with Crippen molar-refractivity contribution >= 4 is 33.7 Å². The second kappa shape index (κ2) is 7.90. The first-order chi connectivity index (χ1) is 10.9. The van der Waals surface area contributed by atoms with E-state index in [4.69, 9.17) is 11.6 Å². The number of rotatable bonds is 5. The number of benzene rings is 1. The van der Waals surface area contributed by atoms with Crippen molar-refractivity contribution in [3.05, 3.63) is 34.9 Å². The van der Waals surface area contributed by atoms with Gasteiger partial charge in [-0.05, 0) is 37.5 Å². The van der Waals surface area contributed by atoms with Gasteiger partial charge < -0.3 is 0 Å². The minimum absolute atomic E-state index is 0.0516. The normalized spacial score (nSPS) is 19.8. The molecule has 126 valence electrons. The molecule has 1 aliphatic heterocycles. The van der Waals surface area contributed by atoms with Crippen LogP contribution in [0.2, 0.25) is 5.02 Å². The Labute approximate surface area is 141 Å². The van der Waals surface area contributed by atoms with E-state index >= 15 is 0 Å². The van der Waals surface area contributed by atoms with Crippen LogP contribution in [0.5, 0.6) is 0 Å². The molecular weight excluding hydrogens is 338 g/mol. The van der Waals surface area contributed by atoms with Crippen molar-refractivity contribution in [2.75, 3.05) is 18.8 Å². The number of carbonyl (C=O) groups is 1. The molecule has 2 rings (SSSR count). The third-order valence-electron chi connectivity index (χ3n) is 3.77. The van der Waals surface area contributed by atoms with Crippen molar-refractivity contribution < 1.29 is 13.2 Å². The summed E-state index contributed by atoms with van der Waals surface area (Å²) in [5.41, 5.74) is 3.29. The van der Waals surface area contributed by atoms with E-state index in [2.05, 4.69) is 10.5 Å². The zero-order chi connectivity index (χ0) is 16.9. The van der Waals surface area contributed by atoms with Gasteiger partial charge in [0, 0.05) is 18.1 Å². The van der Waals surface area contributed by atoms with Crippen LogP contribution in [0.3, 0.4) is 0 Å². The Balaban J connectivity index is 1.91. The van der Waals surface area contributed by atoms with Crippen LogP contribution < -0.4 is 5.43 Å². The number of amides is 1. The van der Waals surface area contributed by atoms with Crippen LogP contribution in [0, 0.1) is 5.92 Å². The molecule has 1 atom stereocenters. The van der Waals surface area contributed by atoms with E-state index in [0.717, 1.165) is 5.56 Å². The smallest absolute Gasteiger partial charge is 0.244 e. The lowest BCUT2D eigenvalue weighted by molar-refractivity contribution is -0.126. The summed E-state index contributed by atoms with van der Waals surface area (Å²) in [5, 5.41) is 4.55. The van der Waals surface area contributed by atoms with Crippen molar-refractivity contribution in [1.82, 2.24) is 9.73 Å². The number of hydrogen-bond donors (Lipinski definition) is 1. The molecular formula is C15H20ClN3O3S. The van der Waals surface area contributed by atoms with Crippen LogP contribution in [0.1, 0.15) is 25.3 Å². The molecule has 0 aromatic heterocycles. The molecule has 1 N–H and O–H groups in total. The summed E-state index contributed by atoms with van der Waals surface area (Å²) in [5.74, 6) is -0.575. The van der Waals surface area contributed by atoms with Crippen molar-refractivity contribution in [3.8, 4) is 0 Å². The van der Waals surface area contributed by atoms with E-state index in [9.17, 15) is 13.2 Å². The molecule has 1 heterocycles. The van der Waals surface area contributed by atoms with E-state index in [1.54, 1.807) is 31.2 Å². The molecule has 1 aromatic carbocycles. The summed E-state index contributed by atoms with van der Waals surface area (Å²) < 4.78 is 25.2. The molecule has 1 saturated heterocycles. The predicted molar refractivity (Wildman–Crippen MR) is 90.9 cm³/mol. The van der Waals surface area contributed by atoms with Crippen molar-refractivity contribution in [2.45, 2.75) is 19.8 Å². The molecule has 23 heavy (non-hydrogen) atoms. The summed E-state index contributed by atoms with van der Waals surface area (Å²) in [4.78, 5) is 12.1. The summed E-state index contributed by atoms with van der Waals surface area (Å²) in [6, 6.07) is 7.04. The van der Waals surface area contributed by atoms with Gasteiger partial charge in [-0.25, -0.2) is 18.1 Å². The second-order valence-corrected chi connectivity index (χ2v) is 8.08. The molecule has 0 radical (unpaired) electrons. The fraction of sp³-hybridized carbons (Fsp3) is 0.467. The van der Waals surface area contributed by atoms with Gasteiger partial charge in [0.25, 0.3) is 0 Å². The Kier molecular flexibility index (Phi) is 6.15. The Hall–Kier alpha value is -1.44. The number of sulfonamides is 1. The molecule has 1 amide bonds. The largest absolute Gasteiger partial charge is 0.273 e. The Morgan fingerprint density at radius 3 is 2.78 bits per heavy atom.